The number of methoxy groups -OCH3 is 1. The Morgan fingerprint density at radius 3 is 2.12 bits per heavy atom. The van der Waals surface area contributed by atoms with Crippen LogP contribution in [0.25, 0.3) is 0 Å². The lowest BCUT2D eigenvalue weighted by molar-refractivity contribution is -0.140. The standard InChI is InChI=1S/C29H33Cl2N3O5S/c1-20(28(36)32-29(2,3)4)33(18-21-7-6-8-23(31)17-21)27(35)19-34(24-11-9-22(30)10-12-24)40(37,38)26-15-13-25(39-5)14-16-26/h6-17,20H,18-19H2,1-5H3,(H,32,36)/t20-/m1/s1. The van der Waals surface area contributed by atoms with Gasteiger partial charge in [-0.05, 0) is 93.9 Å². The van der Waals surface area contributed by atoms with E-state index in [1.165, 1.54) is 48.4 Å². The number of hydrogen-bond donors (Lipinski definition) is 1. The van der Waals surface area contributed by atoms with Crippen molar-refractivity contribution in [3.63, 3.8) is 0 Å². The number of amides is 2. The van der Waals surface area contributed by atoms with Crippen molar-refractivity contribution in [3.8, 4) is 5.75 Å². The summed E-state index contributed by atoms with van der Waals surface area (Å²) >= 11 is 12.2. The molecular formula is C29H33Cl2N3O5S. The first kappa shape index (κ1) is 31.3. The molecule has 0 unspecified atom stereocenters. The van der Waals surface area contributed by atoms with Gasteiger partial charge < -0.3 is 15.0 Å². The number of carbonyl (C=O) groups excluding carboxylic acids is 2. The number of hydrogen-bond acceptors (Lipinski definition) is 5. The molecule has 3 rings (SSSR count). The first-order chi connectivity index (χ1) is 18.7. The number of rotatable bonds is 10. The molecule has 8 nitrogen and oxygen atoms in total. The van der Waals surface area contributed by atoms with Gasteiger partial charge in [-0.25, -0.2) is 8.42 Å². The highest BCUT2D eigenvalue weighted by molar-refractivity contribution is 7.92. The summed E-state index contributed by atoms with van der Waals surface area (Å²) in [6.07, 6.45) is 0. The van der Waals surface area contributed by atoms with Gasteiger partial charge in [-0.1, -0.05) is 35.3 Å². The summed E-state index contributed by atoms with van der Waals surface area (Å²) in [6, 6.07) is 18.0. The van der Waals surface area contributed by atoms with Gasteiger partial charge in [0.15, 0.2) is 0 Å². The number of nitrogens with zero attached hydrogens (tertiary/aromatic N) is 2. The summed E-state index contributed by atoms with van der Waals surface area (Å²) in [7, 11) is -2.73. The number of benzene rings is 3. The molecule has 1 N–H and O–H groups in total. The van der Waals surface area contributed by atoms with Gasteiger partial charge >= 0.3 is 0 Å². The van der Waals surface area contributed by atoms with Crippen LogP contribution in [0.15, 0.2) is 77.7 Å². The van der Waals surface area contributed by atoms with Crippen molar-refractivity contribution in [3.05, 3.63) is 88.4 Å². The second kappa shape index (κ2) is 12.9. The predicted octanol–water partition coefficient (Wildman–Crippen LogP) is 5.53. The van der Waals surface area contributed by atoms with Crippen LogP contribution in [0, 0.1) is 0 Å². The third-order valence-corrected chi connectivity index (χ3v) is 8.22. The Balaban J connectivity index is 2.03. The van der Waals surface area contributed by atoms with Gasteiger partial charge in [-0.2, -0.15) is 0 Å². The van der Waals surface area contributed by atoms with Crippen LogP contribution in [-0.2, 0) is 26.2 Å². The first-order valence-corrected chi connectivity index (χ1v) is 14.7. The van der Waals surface area contributed by atoms with Gasteiger partial charge in [0.05, 0.1) is 17.7 Å². The molecule has 1 atom stereocenters. The number of carbonyl (C=O) groups is 2. The minimum atomic E-state index is -4.21. The lowest BCUT2D eigenvalue weighted by Crippen LogP contribution is -2.54. The lowest BCUT2D eigenvalue weighted by Gasteiger charge is -2.33. The average Bonchev–Trinajstić information content (AvgIpc) is 2.89. The molecule has 2 amide bonds. The third kappa shape index (κ3) is 8.13. The molecule has 214 valence electrons. The largest absolute Gasteiger partial charge is 0.497 e. The van der Waals surface area contributed by atoms with Crippen LogP contribution in [0.4, 0.5) is 5.69 Å². The second-order valence-corrected chi connectivity index (χ2v) is 13.0. The molecule has 0 aliphatic heterocycles. The molecule has 0 saturated carbocycles. The van der Waals surface area contributed by atoms with E-state index < -0.39 is 34.1 Å². The topological polar surface area (TPSA) is 96.0 Å². The van der Waals surface area contributed by atoms with E-state index in [1.54, 1.807) is 43.3 Å². The molecule has 0 bridgehead atoms. The van der Waals surface area contributed by atoms with Crippen LogP contribution < -0.4 is 14.4 Å². The quantitative estimate of drug-likeness (QED) is 0.328. The molecule has 11 heteroatoms. The van der Waals surface area contributed by atoms with Crippen molar-refractivity contribution in [2.45, 2.75) is 50.7 Å². The number of sulfonamides is 1. The fourth-order valence-electron chi connectivity index (χ4n) is 3.90. The van der Waals surface area contributed by atoms with Crippen molar-refractivity contribution >= 4 is 50.7 Å². The Morgan fingerprint density at radius 2 is 1.57 bits per heavy atom. The third-order valence-electron chi connectivity index (χ3n) is 5.95. The van der Waals surface area contributed by atoms with Gasteiger partial charge in [0.2, 0.25) is 11.8 Å². The van der Waals surface area contributed by atoms with Crippen molar-refractivity contribution in [2.75, 3.05) is 18.0 Å². The smallest absolute Gasteiger partial charge is 0.264 e. The second-order valence-electron chi connectivity index (χ2n) is 10.2. The Labute approximate surface area is 245 Å². The first-order valence-electron chi connectivity index (χ1n) is 12.5. The molecule has 40 heavy (non-hydrogen) atoms. The SMILES string of the molecule is COc1ccc(S(=O)(=O)N(CC(=O)N(Cc2cccc(Cl)c2)[C@H](C)C(=O)NC(C)(C)C)c2ccc(Cl)cc2)cc1. The molecule has 0 aliphatic carbocycles. The number of anilines is 1. The normalized spacial score (nSPS) is 12.4. The molecule has 0 aromatic heterocycles. The molecule has 0 heterocycles. The minimum Gasteiger partial charge on any atom is -0.497 e. The summed E-state index contributed by atoms with van der Waals surface area (Å²) in [4.78, 5) is 28.4. The van der Waals surface area contributed by atoms with E-state index in [0.29, 0.717) is 21.4 Å². The molecule has 0 radical (unpaired) electrons. The van der Waals surface area contributed by atoms with E-state index in [2.05, 4.69) is 5.32 Å². The average molecular weight is 607 g/mol. The highest BCUT2D eigenvalue weighted by Crippen LogP contribution is 2.27. The van der Waals surface area contributed by atoms with Gasteiger partial charge in [0.1, 0.15) is 18.3 Å². The molecule has 0 saturated heterocycles. The molecule has 0 fully saturated rings. The molecule has 0 aliphatic rings. The molecule has 3 aromatic carbocycles. The van der Waals surface area contributed by atoms with Crippen LogP contribution in [0.5, 0.6) is 5.75 Å². The van der Waals surface area contributed by atoms with E-state index in [9.17, 15) is 18.0 Å². The fraction of sp³-hybridized carbons (Fsp3) is 0.310. The summed E-state index contributed by atoms with van der Waals surface area (Å²) in [6.45, 7) is 6.59. The maximum atomic E-state index is 13.9. The Hall–Kier alpha value is -3.27. The molecule has 3 aromatic rings. The van der Waals surface area contributed by atoms with Crippen molar-refractivity contribution in [2.24, 2.45) is 0 Å². The number of nitrogens with one attached hydrogen (secondary N) is 1. The fourth-order valence-corrected chi connectivity index (χ4v) is 5.65. The van der Waals surface area contributed by atoms with E-state index in [-0.39, 0.29) is 23.0 Å². The van der Waals surface area contributed by atoms with Crippen LogP contribution in [0.2, 0.25) is 10.0 Å². The highest BCUT2D eigenvalue weighted by Gasteiger charge is 2.33. The van der Waals surface area contributed by atoms with Crippen molar-refractivity contribution in [1.29, 1.82) is 0 Å². The van der Waals surface area contributed by atoms with Gasteiger partial charge in [-0.15, -0.1) is 0 Å². The lowest BCUT2D eigenvalue weighted by atomic mass is 10.1. The predicted molar refractivity (Wildman–Crippen MR) is 158 cm³/mol. The number of halogens is 2. The summed E-state index contributed by atoms with van der Waals surface area (Å²) < 4.78 is 33.9. The Morgan fingerprint density at radius 1 is 0.950 bits per heavy atom. The van der Waals surface area contributed by atoms with Gasteiger partial charge in [-0.3, -0.25) is 13.9 Å². The number of ether oxygens (including phenoxy) is 1. The van der Waals surface area contributed by atoms with Crippen LogP contribution in [-0.4, -0.2) is 50.4 Å². The van der Waals surface area contributed by atoms with Gasteiger partial charge in [0.25, 0.3) is 10.0 Å². The van der Waals surface area contributed by atoms with Crippen LogP contribution in [0.3, 0.4) is 0 Å². The molecule has 0 spiro atoms. The van der Waals surface area contributed by atoms with Crippen LogP contribution in [0.1, 0.15) is 33.3 Å². The maximum absolute atomic E-state index is 13.9. The summed E-state index contributed by atoms with van der Waals surface area (Å²) in [5.41, 5.74) is 0.388. The van der Waals surface area contributed by atoms with Gasteiger partial charge in [0, 0.05) is 22.1 Å². The highest BCUT2D eigenvalue weighted by atomic mass is 35.5. The Bertz CT molecular complexity index is 1440. The summed E-state index contributed by atoms with van der Waals surface area (Å²) in [5.74, 6) is -0.470. The zero-order chi connectivity index (χ0) is 29.7. The van der Waals surface area contributed by atoms with E-state index >= 15 is 0 Å². The van der Waals surface area contributed by atoms with Crippen molar-refractivity contribution in [1.82, 2.24) is 10.2 Å². The Kier molecular flexibility index (Phi) is 10.1. The van der Waals surface area contributed by atoms with E-state index in [0.717, 1.165) is 4.31 Å². The monoisotopic (exact) mass is 605 g/mol. The maximum Gasteiger partial charge on any atom is 0.264 e. The molecular weight excluding hydrogens is 573 g/mol. The summed E-state index contributed by atoms with van der Waals surface area (Å²) in [5, 5.41) is 3.78. The zero-order valence-corrected chi connectivity index (χ0v) is 25.3. The minimum absolute atomic E-state index is 0.0315. The zero-order valence-electron chi connectivity index (χ0n) is 23.0. The van der Waals surface area contributed by atoms with Crippen LogP contribution >= 0.6 is 23.2 Å². The van der Waals surface area contributed by atoms with E-state index in [1.807, 2.05) is 20.8 Å². The van der Waals surface area contributed by atoms with Crippen molar-refractivity contribution < 1.29 is 22.7 Å². The van der Waals surface area contributed by atoms with E-state index in [4.69, 9.17) is 27.9 Å².